The Morgan fingerprint density at radius 2 is 2.21 bits per heavy atom. The summed E-state index contributed by atoms with van der Waals surface area (Å²) in [6, 6.07) is 0.284. The molecule has 0 aromatic heterocycles. The van der Waals surface area contributed by atoms with Crippen LogP contribution in [-0.2, 0) is 9.59 Å². The number of rotatable bonds is 2. The number of likely N-dealkylation sites (N-methyl/N-ethyl adjacent to an activating group) is 1. The quantitative estimate of drug-likeness (QED) is 0.599. The SMILES string of the molecule is CN1CCCCC1CNC(=O)C(=O)O. The van der Waals surface area contributed by atoms with E-state index in [1.54, 1.807) is 0 Å². The number of likely N-dealkylation sites (tertiary alicyclic amines) is 1. The molecule has 80 valence electrons. The standard InChI is InChI=1S/C9H16N2O3/c1-11-5-3-2-4-7(11)6-10-8(12)9(13)14/h7H,2-6H2,1H3,(H,10,12)(H,13,14). The van der Waals surface area contributed by atoms with Crippen LogP contribution in [0, 0.1) is 0 Å². The summed E-state index contributed by atoms with van der Waals surface area (Å²) in [5.74, 6) is -2.33. The molecule has 1 amide bonds. The van der Waals surface area contributed by atoms with Crippen molar-refractivity contribution in [1.82, 2.24) is 10.2 Å². The second-order valence-electron chi connectivity index (χ2n) is 3.65. The number of carboxylic acids is 1. The first-order valence-corrected chi connectivity index (χ1v) is 4.82. The Labute approximate surface area is 83.1 Å². The lowest BCUT2D eigenvalue weighted by atomic mass is 10.0. The molecule has 2 N–H and O–H groups in total. The van der Waals surface area contributed by atoms with Gasteiger partial charge >= 0.3 is 11.9 Å². The monoisotopic (exact) mass is 200 g/mol. The third-order valence-corrected chi connectivity index (χ3v) is 2.61. The van der Waals surface area contributed by atoms with Gasteiger partial charge in [-0.2, -0.15) is 0 Å². The van der Waals surface area contributed by atoms with Crippen molar-refractivity contribution < 1.29 is 14.7 Å². The minimum Gasteiger partial charge on any atom is -0.474 e. The predicted molar refractivity (Wildman–Crippen MR) is 50.9 cm³/mol. The highest BCUT2D eigenvalue weighted by Crippen LogP contribution is 2.13. The molecule has 1 unspecified atom stereocenters. The molecule has 1 atom stereocenters. The first-order chi connectivity index (χ1) is 6.61. The Hall–Kier alpha value is -1.10. The molecule has 1 heterocycles. The zero-order valence-electron chi connectivity index (χ0n) is 8.32. The topological polar surface area (TPSA) is 69.6 Å². The van der Waals surface area contributed by atoms with Gasteiger partial charge in [0.15, 0.2) is 0 Å². The van der Waals surface area contributed by atoms with Crippen LogP contribution in [0.25, 0.3) is 0 Å². The van der Waals surface area contributed by atoms with E-state index in [2.05, 4.69) is 10.2 Å². The van der Waals surface area contributed by atoms with E-state index in [1.807, 2.05) is 7.05 Å². The van der Waals surface area contributed by atoms with Crippen molar-refractivity contribution in [3.63, 3.8) is 0 Å². The zero-order chi connectivity index (χ0) is 10.6. The van der Waals surface area contributed by atoms with E-state index in [1.165, 1.54) is 6.42 Å². The third-order valence-electron chi connectivity index (χ3n) is 2.61. The fourth-order valence-electron chi connectivity index (χ4n) is 1.69. The summed E-state index contributed by atoms with van der Waals surface area (Å²) in [6.45, 7) is 1.45. The van der Waals surface area contributed by atoms with Gasteiger partial charge in [0.1, 0.15) is 0 Å². The van der Waals surface area contributed by atoms with E-state index < -0.39 is 11.9 Å². The van der Waals surface area contributed by atoms with Crippen molar-refractivity contribution in [1.29, 1.82) is 0 Å². The van der Waals surface area contributed by atoms with Crippen LogP contribution >= 0.6 is 0 Å². The number of carbonyl (C=O) groups excluding carboxylic acids is 1. The molecule has 1 rings (SSSR count). The molecule has 1 fully saturated rings. The smallest absolute Gasteiger partial charge is 0.394 e. The van der Waals surface area contributed by atoms with Crippen molar-refractivity contribution in [3.8, 4) is 0 Å². The van der Waals surface area contributed by atoms with E-state index in [9.17, 15) is 9.59 Å². The lowest BCUT2D eigenvalue weighted by Crippen LogP contribution is -2.45. The fraction of sp³-hybridized carbons (Fsp3) is 0.778. The highest BCUT2D eigenvalue weighted by Gasteiger charge is 2.20. The molecule has 0 aliphatic carbocycles. The summed E-state index contributed by atoms with van der Waals surface area (Å²) >= 11 is 0. The van der Waals surface area contributed by atoms with Crippen LogP contribution in [0.1, 0.15) is 19.3 Å². The van der Waals surface area contributed by atoms with Crippen molar-refractivity contribution in [3.05, 3.63) is 0 Å². The van der Waals surface area contributed by atoms with E-state index in [0.717, 1.165) is 19.4 Å². The molecule has 14 heavy (non-hydrogen) atoms. The minimum absolute atomic E-state index is 0.284. The van der Waals surface area contributed by atoms with E-state index in [4.69, 9.17) is 5.11 Å². The van der Waals surface area contributed by atoms with Crippen LogP contribution in [0.3, 0.4) is 0 Å². The molecule has 0 spiro atoms. The number of carboxylic acid groups (broad SMARTS) is 1. The van der Waals surface area contributed by atoms with E-state index in [-0.39, 0.29) is 6.04 Å². The Morgan fingerprint density at radius 1 is 1.50 bits per heavy atom. The molecule has 1 saturated heterocycles. The van der Waals surface area contributed by atoms with Crippen LogP contribution in [0.2, 0.25) is 0 Å². The highest BCUT2D eigenvalue weighted by molar-refractivity contribution is 6.31. The van der Waals surface area contributed by atoms with Gasteiger partial charge in [-0.3, -0.25) is 4.79 Å². The molecular weight excluding hydrogens is 184 g/mol. The molecule has 0 bridgehead atoms. The summed E-state index contributed by atoms with van der Waals surface area (Å²) in [4.78, 5) is 23.1. The number of carbonyl (C=O) groups is 2. The summed E-state index contributed by atoms with van der Waals surface area (Å²) in [6.07, 6.45) is 3.36. The van der Waals surface area contributed by atoms with Gasteiger partial charge in [0.05, 0.1) is 0 Å². The van der Waals surface area contributed by atoms with Gasteiger partial charge in [-0.25, -0.2) is 4.79 Å². The number of hydrogen-bond acceptors (Lipinski definition) is 3. The van der Waals surface area contributed by atoms with Gasteiger partial charge < -0.3 is 15.3 Å². The predicted octanol–water partition coefficient (Wildman–Crippen LogP) is -0.328. The molecular formula is C9H16N2O3. The average molecular weight is 200 g/mol. The summed E-state index contributed by atoms with van der Waals surface area (Å²) < 4.78 is 0. The fourth-order valence-corrected chi connectivity index (χ4v) is 1.69. The largest absolute Gasteiger partial charge is 0.474 e. The van der Waals surface area contributed by atoms with Crippen LogP contribution in [-0.4, -0.2) is 48.1 Å². The zero-order valence-corrected chi connectivity index (χ0v) is 8.32. The third kappa shape index (κ3) is 2.99. The van der Waals surface area contributed by atoms with Crippen LogP contribution < -0.4 is 5.32 Å². The number of nitrogens with one attached hydrogen (secondary N) is 1. The Balaban J connectivity index is 2.29. The van der Waals surface area contributed by atoms with Crippen LogP contribution in [0.5, 0.6) is 0 Å². The summed E-state index contributed by atoms with van der Waals surface area (Å²) in [5.41, 5.74) is 0. The maximum absolute atomic E-state index is 10.8. The van der Waals surface area contributed by atoms with Gasteiger partial charge in [0, 0.05) is 12.6 Å². The maximum Gasteiger partial charge on any atom is 0.394 e. The van der Waals surface area contributed by atoms with Crippen molar-refractivity contribution in [2.24, 2.45) is 0 Å². The normalized spacial score (nSPS) is 23.1. The first kappa shape index (κ1) is 11.0. The van der Waals surface area contributed by atoms with Crippen molar-refractivity contribution >= 4 is 11.9 Å². The second-order valence-corrected chi connectivity index (χ2v) is 3.65. The van der Waals surface area contributed by atoms with Crippen LogP contribution in [0.15, 0.2) is 0 Å². The molecule has 5 heteroatoms. The van der Waals surface area contributed by atoms with Crippen molar-refractivity contribution in [2.45, 2.75) is 25.3 Å². The van der Waals surface area contributed by atoms with E-state index >= 15 is 0 Å². The summed E-state index contributed by atoms with van der Waals surface area (Å²) in [7, 11) is 2.00. The molecule has 0 radical (unpaired) electrons. The van der Waals surface area contributed by atoms with E-state index in [0.29, 0.717) is 6.54 Å². The Bertz CT molecular complexity index is 230. The summed E-state index contributed by atoms with van der Waals surface area (Å²) in [5, 5.41) is 10.8. The highest BCUT2D eigenvalue weighted by atomic mass is 16.4. The number of amides is 1. The molecule has 0 aromatic carbocycles. The van der Waals surface area contributed by atoms with Gasteiger partial charge in [0.25, 0.3) is 0 Å². The van der Waals surface area contributed by atoms with Crippen LogP contribution in [0.4, 0.5) is 0 Å². The first-order valence-electron chi connectivity index (χ1n) is 4.82. The van der Waals surface area contributed by atoms with Crippen molar-refractivity contribution in [2.75, 3.05) is 20.1 Å². The van der Waals surface area contributed by atoms with Gasteiger partial charge in [-0.15, -0.1) is 0 Å². The molecule has 0 saturated carbocycles. The number of hydrogen-bond donors (Lipinski definition) is 2. The number of piperidine rings is 1. The second kappa shape index (κ2) is 4.95. The Morgan fingerprint density at radius 3 is 2.79 bits per heavy atom. The van der Waals surface area contributed by atoms with Gasteiger partial charge in [-0.05, 0) is 26.4 Å². The van der Waals surface area contributed by atoms with Gasteiger partial charge in [0.2, 0.25) is 0 Å². The lowest BCUT2D eigenvalue weighted by molar-refractivity contribution is -0.150. The Kier molecular flexibility index (Phi) is 3.88. The minimum atomic E-state index is -1.41. The molecule has 5 nitrogen and oxygen atoms in total. The lowest BCUT2D eigenvalue weighted by Gasteiger charge is -2.32. The molecule has 1 aliphatic heterocycles. The molecule has 0 aromatic rings. The number of aliphatic carboxylic acids is 1. The number of nitrogens with zero attached hydrogens (tertiary/aromatic N) is 1. The average Bonchev–Trinajstić information content (AvgIpc) is 2.16. The molecule has 1 aliphatic rings. The maximum atomic E-state index is 10.8. The van der Waals surface area contributed by atoms with Gasteiger partial charge in [-0.1, -0.05) is 6.42 Å².